The third-order valence-corrected chi connectivity index (χ3v) is 7.58. The number of aryl methyl sites for hydroxylation is 1. The topological polar surface area (TPSA) is 95.2 Å². The van der Waals surface area contributed by atoms with Crippen LogP contribution in [0.2, 0.25) is 0 Å². The van der Waals surface area contributed by atoms with E-state index < -0.39 is 0 Å². The number of fused-ring (bicyclic) bond motifs is 3. The van der Waals surface area contributed by atoms with E-state index in [0.717, 1.165) is 58.0 Å². The molecule has 164 valence electrons. The maximum absolute atomic E-state index is 13.2. The summed E-state index contributed by atoms with van der Waals surface area (Å²) in [5.41, 5.74) is 4.96. The van der Waals surface area contributed by atoms with Crippen molar-refractivity contribution < 1.29 is 14.4 Å². The molecule has 7 nitrogen and oxygen atoms in total. The van der Waals surface area contributed by atoms with Crippen molar-refractivity contribution >= 4 is 45.1 Å². The third-order valence-electron chi connectivity index (χ3n) is 6.38. The van der Waals surface area contributed by atoms with E-state index in [4.69, 9.17) is 4.98 Å². The lowest BCUT2D eigenvalue weighted by atomic mass is 9.95. The number of H-pyrrole nitrogens is 1. The minimum Gasteiger partial charge on any atom is -0.338 e. The molecule has 0 bridgehead atoms. The van der Waals surface area contributed by atoms with Crippen LogP contribution >= 0.6 is 11.3 Å². The zero-order valence-electron chi connectivity index (χ0n) is 17.9. The Kier molecular flexibility index (Phi) is 4.45. The SMILES string of the molecule is CN1C(=O)c2ccc(C(=O)Nc3sc4c(c3-c3nc5ccccc5[nH]3)CCCC4)cc2C1=O. The number of amides is 3. The van der Waals surface area contributed by atoms with E-state index in [1.54, 1.807) is 23.5 Å². The van der Waals surface area contributed by atoms with Gasteiger partial charge in [0.15, 0.2) is 0 Å². The van der Waals surface area contributed by atoms with Gasteiger partial charge in [-0.15, -0.1) is 11.3 Å². The molecule has 0 spiro atoms. The fraction of sp³-hybridized carbons (Fsp3) is 0.200. The average Bonchev–Trinajstić information content (AvgIpc) is 3.47. The number of rotatable bonds is 3. The summed E-state index contributed by atoms with van der Waals surface area (Å²) >= 11 is 1.60. The van der Waals surface area contributed by atoms with Gasteiger partial charge >= 0.3 is 0 Å². The lowest BCUT2D eigenvalue weighted by molar-refractivity contribution is 0.0693. The second-order valence-electron chi connectivity index (χ2n) is 8.40. The molecule has 1 aliphatic heterocycles. The molecular formula is C25H20N4O3S. The molecule has 3 amide bonds. The van der Waals surface area contributed by atoms with Crippen LogP contribution in [0, 0.1) is 0 Å². The van der Waals surface area contributed by atoms with Crippen molar-refractivity contribution in [2.45, 2.75) is 25.7 Å². The van der Waals surface area contributed by atoms with Gasteiger partial charge in [0.2, 0.25) is 0 Å². The number of aromatic amines is 1. The van der Waals surface area contributed by atoms with E-state index in [1.165, 1.54) is 23.6 Å². The molecule has 4 aromatic rings. The van der Waals surface area contributed by atoms with Gasteiger partial charge in [0, 0.05) is 17.5 Å². The Hall–Kier alpha value is -3.78. The zero-order valence-corrected chi connectivity index (χ0v) is 18.7. The van der Waals surface area contributed by atoms with Gasteiger partial charge in [-0.2, -0.15) is 0 Å². The summed E-state index contributed by atoms with van der Waals surface area (Å²) in [4.78, 5) is 48.3. The van der Waals surface area contributed by atoms with E-state index in [-0.39, 0.29) is 23.3 Å². The van der Waals surface area contributed by atoms with Crippen LogP contribution in [0.3, 0.4) is 0 Å². The number of anilines is 1. The highest BCUT2D eigenvalue weighted by atomic mass is 32.1. The van der Waals surface area contributed by atoms with E-state index >= 15 is 0 Å². The van der Waals surface area contributed by atoms with Crippen molar-refractivity contribution in [1.82, 2.24) is 14.9 Å². The van der Waals surface area contributed by atoms with Crippen molar-refractivity contribution in [3.05, 3.63) is 69.6 Å². The Labute approximate surface area is 193 Å². The van der Waals surface area contributed by atoms with Crippen LogP contribution in [0.1, 0.15) is 54.4 Å². The molecule has 2 aromatic carbocycles. The molecule has 2 N–H and O–H groups in total. The second-order valence-corrected chi connectivity index (χ2v) is 9.51. The van der Waals surface area contributed by atoms with Crippen LogP contribution in [0.5, 0.6) is 0 Å². The number of thiophene rings is 1. The lowest BCUT2D eigenvalue weighted by Crippen LogP contribution is -2.24. The van der Waals surface area contributed by atoms with Gasteiger partial charge in [0.05, 0.1) is 27.7 Å². The summed E-state index contributed by atoms with van der Waals surface area (Å²) in [6, 6.07) is 12.5. The summed E-state index contributed by atoms with van der Waals surface area (Å²) in [7, 11) is 1.44. The number of nitrogens with one attached hydrogen (secondary N) is 2. The number of para-hydroxylation sites is 2. The number of hydrogen-bond acceptors (Lipinski definition) is 5. The van der Waals surface area contributed by atoms with Crippen LogP contribution in [0.25, 0.3) is 22.4 Å². The molecule has 0 atom stereocenters. The fourth-order valence-electron chi connectivity index (χ4n) is 4.65. The Morgan fingerprint density at radius 2 is 1.85 bits per heavy atom. The third kappa shape index (κ3) is 3.09. The van der Waals surface area contributed by atoms with Crippen LogP contribution in [-0.2, 0) is 12.8 Å². The predicted octanol–water partition coefficient (Wildman–Crippen LogP) is 4.65. The number of benzene rings is 2. The molecule has 0 saturated carbocycles. The summed E-state index contributed by atoms with van der Waals surface area (Å²) < 4.78 is 0. The van der Waals surface area contributed by atoms with Crippen LogP contribution in [-0.4, -0.2) is 39.6 Å². The first-order valence-corrected chi connectivity index (χ1v) is 11.7. The van der Waals surface area contributed by atoms with Gasteiger partial charge in [0.1, 0.15) is 10.8 Å². The van der Waals surface area contributed by atoms with Crippen molar-refractivity contribution in [3.63, 3.8) is 0 Å². The molecular weight excluding hydrogens is 436 g/mol. The molecule has 33 heavy (non-hydrogen) atoms. The molecule has 2 aromatic heterocycles. The van der Waals surface area contributed by atoms with E-state index in [0.29, 0.717) is 11.1 Å². The van der Waals surface area contributed by atoms with Crippen molar-refractivity contribution in [2.75, 3.05) is 12.4 Å². The van der Waals surface area contributed by atoms with E-state index in [9.17, 15) is 14.4 Å². The Balaban J connectivity index is 1.40. The molecule has 2 aliphatic rings. The molecule has 8 heteroatoms. The van der Waals surface area contributed by atoms with Crippen molar-refractivity contribution in [2.24, 2.45) is 0 Å². The summed E-state index contributed by atoms with van der Waals surface area (Å²) in [6.45, 7) is 0. The highest BCUT2D eigenvalue weighted by Crippen LogP contribution is 2.44. The maximum atomic E-state index is 13.2. The van der Waals surface area contributed by atoms with Gasteiger partial charge in [0.25, 0.3) is 17.7 Å². The van der Waals surface area contributed by atoms with Gasteiger partial charge in [-0.3, -0.25) is 19.3 Å². The Bertz CT molecular complexity index is 1450. The summed E-state index contributed by atoms with van der Waals surface area (Å²) in [6.07, 6.45) is 4.19. The summed E-state index contributed by atoms with van der Waals surface area (Å²) in [5, 5.41) is 3.82. The molecule has 0 saturated heterocycles. The predicted molar refractivity (Wildman–Crippen MR) is 127 cm³/mol. The number of carbonyl (C=O) groups excluding carboxylic acids is 3. The molecule has 0 fully saturated rings. The van der Waals surface area contributed by atoms with Crippen LogP contribution < -0.4 is 5.32 Å². The zero-order chi connectivity index (χ0) is 22.7. The number of imide groups is 1. The van der Waals surface area contributed by atoms with Gasteiger partial charge in [-0.25, -0.2) is 4.98 Å². The largest absolute Gasteiger partial charge is 0.338 e. The molecule has 3 heterocycles. The summed E-state index contributed by atoms with van der Waals surface area (Å²) in [5.74, 6) is -0.301. The van der Waals surface area contributed by atoms with Crippen LogP contribution in [0.15, 0.2) is 42.5 Å². The number of aromatic nitrogens is 2. The maximum Gasteiger partial charge on any atom is 0.261 e. The monoisotopic (exact) mass is 456 g/mol. The number of nitrogens with zero attached hydrogens (tertiary/aromatic N) is 2. The van der Waals surface area contributed by atoms with Crippen molar-refractivity contribution in [1.29, 1.82) is 0 Å². The lowest BCUT2D eigenvalue weighted by Gasteiger charge is -2.12. The second kappa shape index (κ2) is 7.38. The molecule has 0 radical (unpaired) electrons. The standard InChI is InChI=1S/C25H20N4O3S/c1-29-24(31)14-11-10-13(12-16(14)25(29)32)22(30)28-23-20(15-6-2-5-9-19(15)33-23)21-26-17-7-3-4-8-18(17)27-21/h3-4,7-8,10-12H,2,5-6,9H2,1H3,(H,26,27)(H,28,30). The molecule has 6 rings (SSSR count). The first-order chi connectivity index (χ1) is 16.0. The smallest absolute Gasteiger partial charge is 0.261 e. The van der Waals surface area contributed by atoms with Gasteiger partial charge in [-0.1, -0.05) is 12.1 Å². The van der Waals surface area contributed by atoms with Crippen LogP contribution in [0.4, 0.5) is 5.00 Å². The van der Waals surface area contributed by atoms with Crippen molar-refractivity contribution in [3.8, 4) is 11.4 Å². The number of carbonyl (C=O) groups is 3. The van der Waals surface area contributed by atoms with E-state index in [2.05, 4.69) is 10.3 Å². The molecule has 1 aliphatic carbocycles. The Morgan fingerprint density at radius 3 is 2.70 bits per heavy atom. The van der Waals surface area contributed by atoms with Gasteiger partial charge in [-0.05, 0) is 61.6 Å². The van der Waals surface area contributed by atoms with Gasteiger partial charge < -0.3 is 10.3 Å². The normalized spacial score (nSPS) is 15.1. The Morgan fingerprint density at radius 1 is 1.06 bits per heavy atom. The average molecular weight is 457 g/mol. The fourth-order valence-corrected chi connectivity index (χ4v) is 5.94. The molecule has 0 unspecified atom stereocenters. The first-order valence-electron chi connectivity index (χ1n) is 10.9. The minimum atomic E-state index is -0.390. The first kappa shape index (κ1) is 19.9. The quantitative estimate of drug-likeness (QED) is 0.439. The highest BCUT2D eigenvalue weighted by molar-refractivity contribution is 7.17. The number of hydrogen-bond donors (Lipinski definition) is 2. The highest BCUT2D eigenvalue weighted by Gasteiger charge is 2.33. The number of imidazole rings is 1. The van der Waals surface area contributed by atoms with E-state index in [1.807, 2.05) is 24.3 Å². The minimum absolute atomic E-state index is 0.262.